The number of halogens is 4. The molecule has 0 radical (unpaired) electrons. The zero-order chi connectivity index (χ0) is 19.6. The highest BCUT2D eigenvalue weighted by Crippen LogP contribution is 2.20. The summed E-state index contributed by atoms with van der Waals surface area (Å²) in [5, 5.41) is 10.2. The minimum absolute atomic E-state index is 0. The molecule has 0 aliphatic heterocycles. The normalized spacial score (nSPS) is 10.8. The molecule has 9 heteroatoms. The number of carbonyl (C=O) groups is 1. The first-order valence-corrected chi connectivity index (χ1v) is 9.13. The van der Waals surface area contributed by atoms with Crippen LogP contribution in [-0.2, 0) is 17.8 Å². The second-order valence-electron chi connectivity index (χ2n) is 5.74. The Morgan fingerprint density at radius 2 is 1.82 bits per heavy atom. The van der Waals surface area contributed by atoms with Crippen LogP contribution in [0.15, 0.2) is 47.5 Å². The van der Waals surface area contributed by atoms with Gasteiger partial charge in [0, 0.05) is 36.7 Å². The summed E-state index contributed by atoms with van der Waals surface area (Å²) in [4.78, 5) is 16.0. The lowest BCUT2D eigenvalue weighted by molar-refractivity contribution is -0.120. The van der Waals surface area contributed by atoms with Crippen molar-refractivity contribution in [3.05, 3.63) is 69.5 Å². The lowest BCUT2D eigenvalue weighted by atomic mass is 10.1. The number of aliphatic imine (C=N–C) groups is 1. The van der Waals surface area contributed by atoms with E-state index in [-0.39, 0.29) is 42.1 Å². The van der Waals surface area contributed by atoms with Crippen LogP contribution in [0.1, 0.15) is 11.1 Å². The number of guanidine groups is 1. The second-order valence-corrected chi connectivity index (χ2v) is 6.59. The minimum Gasteiger partial charge on any atom is -0.355 e. The highest BCUT2D eigenvalue weighted by Gasteiger charge is 2.05. The van der Waals surface area contributed by atoms with Crippen LogP contribution < -0.4 is 16.0 Å². The van der Waals surface area contributed by atoms with Crippen LogP contribution in [-0.4, -0.2) is 32.0 Å². The first kappa shape index (κ1) is 24.5. The zero-order valence-electron chi connectivity index (χ0n) is 15.3. The fraction of sp³-hybridized carbons (Fsp3) is 0.263. The van der Waals surface area contributed by atoms with E-state index in [0.717, 1.165) is 5.56 Å². The third-order valence-electron chi connectivity index (χ3n) is 3.68. The van der Waals surface area contributed by atoms with Crippen molar-refractivity contribution in [2.45, 2.75) is 13.0 Å². The first-order valence-electron chi connectivity index (χ1n) is 8.37. The van der Waals surface area contributed by atoms with Crippen LogP contribution in [0.4, 0.5) is 4.39 Å². The van der Waals surface area contributed by atoms with E-state index >= 15 is 0 Å². The monoisotopic (exact) mass is 538 g/mol. The van der Waals surface area contributed by atoms with Gasteiger partial charge in [-0.3, -0.25) is 9.79 Å². The Hall–Kier alpha value is -1.58. The molecule has 0 heterocycles. The number of rotatable bonds is 7. The number of benzene rings is 2. The summed E-state index contributed by atoms with van der Waals surface area (Å²) in [6.45, 7) is 1.39. The van der Waals surface area contributed by atoms with Crippen molar-refractivity contribution in [1.82, 2.24) is 16.0 Å². The molecule has 0 saturated carbocycles. The fourth-order valence-corrected chi connectivity index (χ4v) is 2.82. The molecule has 0 saturated heterocycles. The Kier molecular flexibility index (Phi) is 11.2. The van der Waals surface area contributed by atoms with Crippen LogP contribution in [0.25, 0.3) is 0 Å². The minimum atomic E-state index is -0.349. The van der Waals surface area contributed by atoms with Gasteiger partial charge in [-0.25, -0.2) is 4.39 Å². The molecule has 0 bridgehead atoms. The fourth-order valence-electron chi connectivity index (χ4n) is 2.34. The van der Waals surface area contributed by atoms with E-state index in [0.29, 0.717) is 41.2 Å². The lowest BCUT2D eigenvalue weighted by Crippen LogP contribution is -2.41. The van der Waals surface area contributed by atoms with E-state index < -0.39 is 0 Å². The molecule has 0 unspecified atom stereocenters. The average Bonchev–Trinajstić information content (AvgIpc) is 2.62. The maximum Gasteiger partial charge on any atom is 0.224 e. The van der Waals surface area contributed by atoms with Gasteiger partial charge in [-0.15, -0.1) is 24.0 Å². The van der Waals surface area contributed by atoms with Gasteiger partial charge in [0.05, 0.1) is 6.42 Å². The third-order valence-corrected chi connectivity index (χ3v) is 4.27. The zero-order valence-corrected chi connectivity index (χ0v) is 19.1. The molecule has 0 fully saturated rings. The second kappa shape index (κ2) is 12.8. The summed E-state index contributed by atoms with van der Waals surface area (Å²) in [7, 11) is 1.65. The van der Waals surface area contributed by atoms with Crippen molar-refractivity contribution in [2.75, 3.05) is 20.1 Å². The summed E-state index contributed by atoms with van der Waals surface area (Å²) in [6, 6.07) is 11.3. The molecule has 0 aliphatic rings. The van der Waals surface area contributed by atoms with E-state index in [4.69, 9.17) is 23.2 Å². The Labute approximate surface area is 191 Å². The average molecular weight is 539 g/mol. The summed E-state index contributed by atoms with van der Waals surface area (Å²) in [6.07, 6.45) is 0.139. The van der Waals surface area contributed by atoms with Crippen LogP contribution in [0.5, 0.6) is 0 Å². The number of carbonyl (C=O) groups excluding carboxylic acids is 1. The van der Waals surface area contributed by atoms with Crippen LogP contribution in [0, 0.1) is 5.82 Å². The van der Waals surface area contributed by atoms with Gasteiger partial charge in [0.2, 0.25) is 5.91 Å². The molecule has 3 N–H and O–H groups in total. The molecule has 0 spiro atoms. The molecule has 1 amide bonds. The number of nitrogens with one attached hydrogen (secondary N) is 3. The predicted octanol–water partition coefficient (Wildman–Crippen LogP) is 3.77. The smallest absolute Gasteiger partial charge is 0.224 e. The summed E-state index contributed by atoms with van der Waals surface area (Å²) in [5.74, 6) is 0.0660. The molecular formula is C19H22Cl2FIN4O. The van der Waals surface area contributed by atoms with Gasteiger partial charge in [-0.05, 0) is 35.4 Å². The standard InChI is InChI=1S/C19H21Cl2FN4O.HI/c1-23-19(26-12-14-5-6-15(20)11-17(14)21)25-8-7-24-18(27)10-13-3-2-4-16(22)9-13;/h2-6,9,11H,7-8,10,12H2,1H3,(H,24,27)(H2,23,25,26);1H. The maximum atomic E-state index is 13.1. The Bertz CT molecular complexity index is 820. The molecule has 2 aromatic rings. The Morgan fingerprint density at radius 3 is 2.50 bits per heavy atom. The number of nitrogens with zero attached hydrogens (tertiary/aromatic N) is 1. The maximum absolute atomic E-state index is 13.1. The first-order chi connectivity index (χ1) is 13.0. The molecule has 2 aromatic carbocycles. The van der Waals surface area contributed by atoms with Crippen molar-refractivity contribution in [3.8, 4) is 0 Å². The lowest BCUT2D eigenvalue weighted by Gasteiger charge is -2.13. The number of amides is 1. The van der Waals surface area contributed by atoms with Crippen molar-refractivity contribution in [1.29, 1.82) is 0 Å². The molecular weight excluding hydrogens is 517 g/mol. The Balaban J connectivity index is 0.00000392. The topological polar surface area (TPSA) is 65.5 Å². The molecule has 5 nitrogen and oxygen atoms in total. The quantitative estimate of drug-likeness (QED) is 0.217. The van der Waals surface area contributed by atoms with Gasteiger partial charge in [0.15, 0.2) is 5.96 Å². The van der Waals surface area contributed by atoms with E-state index in [1.807, 2.05) is 6.07 Å². The summed E-state index contributed by atoms with van der Waals surface area (Å²) < 4.78 is 13.1. The van der Waals surface area contributed by atoms with Crippen LogP contribution >= 0.6 is 47.2 Å². The van der Waals surface area contributed by atoms with E-state index in [9.17, 15) is 9.18 Å². The highest BCUT2D eigenvalue weighted by atomic mass is 127. The summed E-state index contributed by atoms with van der Waals surface area (Å²) >= 11 is 12.0. The molecule has 0 aliphatic carbocycles. The van der Waals surface area contributed by atoms with Gasteiger partial charge in [-0.1, -0.05) is 41.4 Å². The molecule has 152 valence electrons. The molecule has 0 atom stereocenters. The molecule has 2 rings (SSSR count). The summed E-state index contributed by atoms with van der Waals surface area (Å²) in [5.41, 5.74) is 1.53. The van der Waals surface area contributed by atoms with Gasteiger partial charge < -0.3 is 16.0 Å². The highest BCUT2D eigenvalue weighted by molar-refractivity contribution is 14.0. The van der Waals surface area contributed by atoms with E-state index in [2.05, 4.69) is 20.9 Å². The van der Waals surface area contributed by atoms with Crippen molar-refractivity contribution in [3.63, 3.8) is 0 Å². The van der Waals surface area contributed by atoms with Crippen LogP contribution in [0.2, 0.25) is 10.0 Å². The molecule has 28 heavy (non-hydrogen) atoms. The SMILES string of the molecule is CN=C(NCCNC(=O)Cc1cccc(F)c1)NCc1ccc(Cl)cc1Cl.I. The van der Waals surface area contributed by atoms with Gasteiger partial charge in [0.1, 0.15) is 5.82 Å². The Morgan fingerprint density at radius 1 is 1.07 bits per heavy atom. The van der Waals surface area contributed by atoms with Crippen molar-refractivity contribution < 1.29 is 9.18 Å². The van der Waals surface area contributed by atoms with Gasteiger partial charge in [0.25, 0.3) is 0 Å². The van der Waals surface area contributed by atoms with E-state index in [1.165, 1.54) is 12.1 Å². The van der Waals surface area contributed by atoms with Crippen molar-refractivity contribution in [2.24, 2.45) is 4.99 Å². The van der Waals surface area contributed by atoms with Crippen molar-refractivity contribution >= 4 is 59.0 Å². The number of hydrogen-bond donors (Lipinski definition) is 3. The van der Waals surface area contributed by atoms with Gasteiger partial charge in [-0.2, -0.15) is 0 Å². The van der Waals surface area contributed by atoms with Gasteiger partial charge >= 0.3 is 0 Å². The van der Waals surface area contributed by atoms with Crippen LogP contribution in [0.3, 0.4) is 0 Å². The van der Waals surface area contributed by atoms with E-state index in [1.54, 1.807) is 31.3 Å². The third kappa shape index (κ3) is 8.62. The predicted molar refractivity (Wildman–Crippen MR) is 123 cm³/mol. The number of hydrogen-bond acceptors (Lipinski definition) is 2. The largest absolute Gasteiger partial charge is 0.355 e. The molecule has 0 aromatic heterocycles.